The van der Waals surface area contributed by atoms with E-state index >= 15 is 0 Å². The van der Waals surface area contributed by atoms with Gasteiger partial charge in [0, 0.05) is 7.05 Å². The summed E-state index contributed by atoms with van der Waals surface area (Å²) in [7, 11) is 1.47. The molecule has 21 heavy (non-hydrogen) atoms. The van der Waals surface area contributed by atoms with Gasteiger partial charge < -0.3 is 10.2 Å². The van der Waals surface area contributed by atoms with Crippen LogP contribution in [0.1, 0.15) is 15.5 Å². The summed E-state index contributed by atoms with van der Waals surface area (Å²) in [5.74, 6) is -0.562. The molecule has 1 aliphatic heterocycles. The number of hydrogen-bond donors (Lipinski definition) is 1. The van der Waals surface area contributed by atoms with E-state index in [2.05, 4.69) is 20.3 Å². The maximum atomic E-state index is 12.7. The third kappa shape index (κ3) is 2.29. The third-order valence-electron chi connectivity index (χ3n) is 2.68. The highest BCUT2D eigenvalue weighted by atomic mass is 35.5. The SMILES string of the molecule is CN1c2nc(Cl)ncc2NC(=O)c2nc(C(F)(F)F)sc21. The van der Waals surface area contributed by atoms with Gasteiger partial charge in [-0.3, -0.25) is 4.79 Å². The number of anilines is 3. The number of nitrogens with zero attached hydrogens (tertiary/aromatic N) is 4. The molecule has 0 atom stereocenters. The van der Waals surface area contributed by atoms with Crippen molar-refractivity contribution in [2.24, 2.45) is 0 Å². The zero-order valence-electron chi connectivity index (χ0n) is 10.2. The fraction of sp³-hybridized carbons (Fsp3) is 0.200. The molecule has 0 saturated carbocycles. The molecule has 2 aromatic rings. The van der Waals surface area contributed by atoms with Crippen LogP contribution in [0.2, 0.25) is 5.28 Å². The fourth-order valence-electron chi connectivity index (χ4n) is 1.78. The predicted octanol–water partition coefficient (Wildman–Crippen LogP) is 2.94. The number of thiazole rings is 1. The van der Waals surface area contributed by atoms with Gasteiger partial charge in [0.15, 0.2) is 11.5 Å². The van der Waals surface area contributed by atoms with Crippen LogP contribution in [0.25, 0.3) is 0 Å². The van der Waals surface area contributed by atoms with E-state index in [9.17, 15) is 18.0 Å². The Kier molecular flexibility index (Phi) is 3.02. The number of amides is 1. The Morgan fingerprint density at radius 2 is 2.10 bits per heavy atom. The molecule has 1 aliphatic rings. The number of alkyl halides is 3. The summed E-state index contributed by atoms with van der Waals surface area (Å²) in [6, 6.07) is 0. The van der Waals surface area contributed by atoms with E-state index < -0.39 is 17.1 Å². The van der Waals surface area contributed by atoms with Gasteiger partial charge in [-0.1, -0.05) is 11.3 Å². The highest BCUT2D eigenvalue weighted by molar-refractivity contribution is 7.16. The van der Waals surface area contributed by atoms with E-state index in [1.807, 2.05) is 0 Å². The minimum absolute atomic E-state index is 0.0355. The van der Waals surface area contributed by atoms with E-state index in [-0.39, 0.29) is 27.5 Å². The molecular formula is C10H5ClF3N5OS. The van der Waals surface area contributed by atoms with E-state index in [4.69, 9.17) is 11.6 Å². The van der Waals surface area contributed by atoms with Crippen LogP contribution in [0.3, 0.4) is 0 Å². The largest absolute Gasteiger partial charge is 0.443 e. The molecule has 0 saturated heterocycles. The van der Waals surface area contributed by atoms with Crippen molar-refractivity contribution in [2.75, 3.05) is 17.3 Å². The van der Waals surface area contributed by atoms with Gasteiger partial charge in [-0.25, -0.2) is 9.97 Å². The van der Waals surface area contributed by atoms with Gasteiger partial charge in [0.25, 0.3) is 5.91 Å². The maximum absolute atomic E-state index is 12.7. The van der Waals surface area contributed by atoms with Crippen LogP contribution in [-0.2, 0) is 6.18 Å². The van der Waals surface area contributed by atoms with Gasteiger partial charge in [0.1, 0.15) is 10.7 Å². The Morgan fingerprint density at radius 1 is 1.38 bits per heavy atom. The van der Waals surface area contributed by atoms with Crippen molar-refractivity contribution in [3.8, 4) is 0 Å². The van der Waals surface area contributed by atoms with Crippen molar-refractivity contribution in [3.05, 3.63) is 22.2 Å². The molecule has 6 nitrogen and oxygen atoms in total. The van der Waals surface area contributed by atoms with Crippen LogP contribution in [0.4, 0.5) is 29.7 Å². The van der Waals surface area contributed by atoms with Crippen LogP contribution in [-0.4, -0.2) is 27.9 Å². The number of carbonyl (C=O) groups is 1. The monoisotopic (exact) mass is 335 g/mol. The van der Waals surface area contributed by atoms with Crippen molar-refractivity contribution >= 4 is 45.4 Å². The fourth-order valence-corrected chi connectivity index (χ4v) is 2.81. The van der Waals surface area contributed by atoms with Gasteiger partial charge in [-0.05, 0) is 11.6 Å². The standard InChI is InChI=1S/C10H5ClF3N5OS/c1-19-5-3(2-15-9(11)18-5)16-6(20)4-7(19)21-8(17-4)10(12,13)14/h2H,1H3,(H,16,20). The Morgan fingerprint density at radius 3 is 2.76 bits per heavy atom. The van der Waals surface area contributed by atoms with Gasteiger partial charge in [0.2, 0.25) is 10.3 Å². The molecule has 2 aromatic heterocycles. The maximum Gasteiger partial charge on any atom is 0.443 e. The quantitative estimate of drug-likeness (QED) is 0.749. The molecule has 1 amide bonds. The number of nitrogens with one attached hydrogen (secondary N) is 1. The number of carbonyl (C=O) groups excluding carboxylic acids is 1. The first-order chi connectivity index (χ1) is 9.77. The van der Waals surface area contributed by atoms with E-state index in [1.54, 1.807) is 0 Å². The minimum atomic E-state index is -4.62. The molecular weight excluding hydrogens is 331 g/mol. The lowest BCUT2D eigenvalue weighted by Crippen LogP contribution is -2.13. The molecule has 3 heterocycles. The molecule has 1 N–H and O–H groups in total. The first-order valence-corrected chi connectivity index (χ1v) is 6.62. The molecule has 110 valence electrons. The van der Waals surface area contributed by atoms with E-state index in [0.717, 1.165) is 0 Å². The Balaban J connectivity index is 2.19. The van der Waals surface area contributed by atoms with Crippen molar-refractivity contribution in [3.63, 3.8) is 0 Å². The van der Waals surface area contributed by atoms with Crippen molar-refractivity contribution < 1.29 is 18.0 Å². The summed E-state index contributed by atoms with van der Waals surface area (Å²) in [5, 5.41) is 1.27. The van der Waals surface area contributed by atoms with Crippen LogP contribution in [0, 0.1) is 0 Å². The third-order valence-corrected chi connectivity index (χ3v) is 4.04. The number of rotatable bonds is 0. The lowest BCUT2D eigenvalue weighted by molar-refractivity contribution is -0.137. The summed E-state index contributed by atoms with van der Waals surface area (Å²) in [6.07, 6.45) is -3.34. The first-order valence-electron chi connectivity index (χ1n) is 5.43. The summed E-state index contributed by atoms with van der Waals surface area (Å²) < 4.78 is 38.2. The molecule has 0 bridgehead atoms. The predicted molar refractivity (Wildman–Crippen MR) is 70.2 cm³/mol. The highest BCUT2D eigenvalue weighted by Crippen LogP contribution is 2.43. The van der Waals surface area contributed by atoms with Crippen molar-refractivity contribution in [1.82, 2.24) is 15.0 Å². The van der Waals surface area contributed by atoms with Crippen LogP contribution in [0.5, 0.6) is 0 Å². The molecule has 11 heteroatoms. The minimum Gasteiger partial charge on any atom is -0.317 e. The van der Waals surface area contributed by atoms with Gasteiger partial charge >= 0.3 is 6.18 Å². The molecule has 0 unspecified atom stereocenters. The molecule has 0 radical (unpaired) electrons. The lowest BCUT2D eigenvalue weighted by atomic mass is 10.4. The van der Waals surface area contributed by atoms with Crippen molar-refractivity contribution in [1.29, 1.82) is 0 Å². The van der Waals surface area contributed by atoms with Crippen LogP contribution >= 0.6 is 22.9 Å². The molecule has 0 spiro atoms. The van der Waals surface area contributed by atoms with Crippen LogP contribution < -0.4 is 10.2 Å². The zero-order valence-corrected chi connectivity index (χ0v) is 11.8. The lowest BCUT2D eigenvalue weighted by Gasteiger charge is -2.16. The smallest absolute Gasteiger partial charge is 0.317 e. The number of aromatic nitrogens is 3. The highest BCUT2D eigenvalue weighted by Gasteiger charge is 2.39. The molecule has 0 aromatic carbocycles. The number of halogens is 4. The Bertz CT molecular complexity index is 747. The molecule has 3 rings (SSSR count). The van der Waals surface area contributed by atoms with Crippen molar-refractivity contribution in [2.45, 2.75) is 6.18 Å². The summed E-state index contributed by atoms with van der Waals surface area (Å²) in [5.41, 5.74) is -0.0744. The Hall–Kier alpha value is -1.94. The molecule has 0 fully saturated rings. The van der Waals surface area contributed by atoms with E-state index in [1.165, 1.54) is 18.1 Å². The second-order valence-electron chi connectivity index (χ2n) is 4.06. The summed E-state index contributed by atoms with van der Waals surface area (Å²) in [6.45, 7) is 0. The van der Waals surface area contributed by atoms with E-state index in [0.29, 0.717) is 11.3 Å². The zero-order chi connectivity index (χ0) is 15.4. The summed E-state index contributed by atoms with van der Waals surface area (Å²) >= 11 is 6.05. The normalized spacial score (nSPS) is 14.3. The number of hydrogen-bond acceptors (Lipinski definition) is 6. The second-order valence-corrected chi connectivity index (χ2v) is 5.38. The van der Waals surface area contributed by atoms with Gasteiger partial charge in [0.05, 0.1) is 6.20 Å². The average Bonchev–Trinajstić information content (AvgIpc) is 2.81. The summed E-state index contributed by atoms with van der Waals surface area (Å²) in [4.78, 5) is 24.3. The first kappa shape index (κ1) is 14.0. The topological polar surface area (TPSA) is 71.0 Å². The van der Waals surface area contributed by atoms with Gasteiger partial charge in [-0.15, -0.1) is 0 Å². The Labute approximate surface area is 124 Å². The van der Waals surface area contributed by atoms with Crippen LogP contribution in [0.15, 0.2) is 6.20 Å². The molecule has 0 aliphatic carbocycles. The second kappa shape index (κ2) is 4.53. The number of fused-ring (bicyclic) bond motifs is 2. The van der Waals surface area contributed by atoms with Gasteiger partial charge in [-0.2, -0.15) is 18.2 Å². The average molecular weight is 336 g/mol.